The highest BCUT2D eigenvalue weighted by Crippen LogP contribution is 2.27. The van der Waals surface area contributed by atoms with Gasteiger partial charge in [-0.15, -0.1) is 0 Å². The number of esters is 2. The Morgan fingerprint density at radius 1 is 1.04 bits per heavy atom. The number of unbranched alkanes of at least 4 members (excludes halogenated alkanes) is 1. The maximum absolute atomic E-state index is 12.6. The number of aromatic nitrogens is 2. The van der Waals surface area contributed by atoms with Crippen molar-refractivity contribution in [3.63, 3.8) is 0 Å². The van der Waals surface area contributed by atoms with Crippen LogP contribution in [0, 0.1) is 0 Å². The fraction of sp³-hybridized carbons (Fsp3) is 0.238. The third-order valence-electron chi connectivity index (χ3n) is 4.26. The molecule has 1 heterocycles. The molecule has 0 spiro atoms. The van der Waals surface area contributed by atoms with Crippen molar-refractivity contribution in [1.82, 2.24) is 9.78 Å². The lowest BCUT2D eigenvalue weighted by Gasteiger charge is -2.11. The van der Waals surface area contributed by atoms with Gasteiger partial charge in [0.1, 0.15) is 11.3 Å². The van der Waals surface area contributed by atoms with Crippen molar-refractivity contribution in [1.29, 1.82) is 0 Å². The molecule has 0 aliphatic rings. The minimum atomic E-state index is -0.759. The number of rotatable bonds is 6. The Morgan fingerprint density at radius 3 is 2.43 bits per heavy atom. The van der Waals surface area contributed by atoms with Gasteiger partial charge in [-0.25, -0.2) is 14.3 Å². The van der Waals surface area contributed by atoms with Gasteiger partial charge in [-0.3, -0.25) is 4.79 Å². The maximum atomic E-state index is 12.6. The van der Waals surface area contributed by atoms with Gasteiger partial charge in [0.2, 0.25) is 0 Å². The van der Waals surface area contributed by atoms with Crippen LogP contribution in [0.3, 0.4) is 0 Å². The molecule has 3 aromatic rings. The fourth-order valence-corrected chi connectivity index (χ4v) is 2.75. The lowest BCUT2D eigenvalue weighted by molar-refractivity contribution is 0.0593. The molecular formula is C21H20N2O5. The van der Waals surface area contributed by atoms with E-state index in [2.05, 4.69) is 5.10 Å². The second kappa shape index (κ2) is 8.47. The molecule has 2 aromatic carbocycles. The molecule has 0 atom stereocenters. The Bertz CT molecular complexity index is 1090. The molecule has 0 unspecified atom stereocenters. The molecule has 144 valence electrons. The summed E-state index contributed by atoms with van der Waals surface area (Å²) in [7, 11) is 1.26. The van der Waals surface area contributed by atoms with Crippen LogP contribution in [-0.4, -0.2) is 28.8 Å². The Balaban J connectivity index is 1.96. The molecule has 0 N–H and O–H groups in total. The van der Waals surface area contributed by atoms with Crippen LogP contribution in [0.2, 0.25) is 0 Å². The minimum absolute atomic E-state index is 0.0142. The molecule has 0 aliphatic carbocycles. The Hall–Kier alpha value is -3.48. The summed E-state index contributed by atoms with van der Waals surface area (Å²) in [5.41, 5.74) is -0.167. The molecule has 1 aromatic heterocycles. The Labute approximate surface area is 161 Å². The van der Waals surface area contributed by atoms with Gasteiger partial charge in [-0.05, 0) is 35.4 Å². The van der Waals surface area contributed by atoms with Crippen molar-refractivity contribution in [3.8, 4) is 5.75 Å². The molecule has 0 fully saturated rings. The van der Waals surface area contributed by atoms with E-state index in [-0.39, 0.29) is 22.6 Å². The van der Waals surface area contributed by atoms with Gasteiger partial charge in [0, 0.05) is 12.6 Å². The van der Waals surface area contributed by atoms with Crippen LogP contribution in [0.25, 0.3) is 10.8 Å². The van der Waals surface area contributed by atoms with Crippen molar-refractivity contribution in [2.75, 3.05) is 7.11 Å². The van der Waals surface area contributed by atoms with E-state index in [0.717, 1.165) is 23.6 Å². The molecule has 7 nitrogen and oxygen atoms in total. The SMILES string of the molecule is CCCCn1nc(C(=O)Oc2cc3ccccc3cc2C(=O)OC)ccc1=O. The van der Waals surface area contributed by atoms with Crippen LogP contribution in [-0.2, 0) is 11.3 Å². The highest BCUT2D eigenvalue weighted by molar-refractivity contribution is 6.00. The van der Waals surface area contributed by atoms with E-state index in [1.807, 2.05) is 31.2 Å². The number of fused-ring (bicyclic) bond motifs is 1. The summed E-state index contributed by atoms with van der Waals surface area (Å²) in [5, 5.41) is 5.69. The van der Waals surface area contributed by atoms with Crippen LogP contribution in [0.15, 0.2) is 53.3 Å². The van der Waals surface area contributed by atoms with Crippen molar-refractivity contribution >= 4 is 22.7 Å². The second-order valence-corrected chi connectivity index (χ2v) is 6.21. The second-order valence-electron chi connectivity index (χ2n) is 6.21. The first-order chi connectivity index (χ1) is 13.5. The first-order valence-electron chi connectivity index (χ1n) is 8.95. The summed E-state index contributed by atoms with van der Waals surface area (Å²) in [6, 6.07) is 13.2. The van der Waals surface area contributed by atoms with Gasteiger partial charge in [-0.1, -0.05) is 37.6 Å². The number of hydrogen-bond donors (Lipinski definition) is 0. The zero-order valence-corrected chi connectivity index (χ0v) is 15.7. The maximum Gasteiger partial charge on any atom is 0.364 e. The van der Waals surface area contributed by atoms with Crippen LogP contribution in [0.5, 0.6) is 5.75 Å². The summed E-state index contributed by atoms with van der Waals surface area (Å²) in [6.45, 7) is 2.41. The molecule has 7 heteroatoms. The standard InChI is InChI=1S/C21H20N2O5/c1-3-4-11-23-19(24)10-9-17(22-23)21(26)28-18-13-15-8-6-5-7-14(15)12-16(18)20(25)27-2/h5-10,12-13H,3-4,11H2,1-2H3. The summed E-state index contributed by atoms with van der Waals surface area (Å²) >= 11 is 0. The highest BCUT2D eigenvalue weighted by Gasteiger charge is 2.19. The molecule has 0 bridgehead atoms. The van der Waals surface area contributed by atoms with Crippen LogP contribution in [0.4, 0.5) is 0 Å². The van der Waals surface area contributed by atoms with E-state index in [1.165, 1.54) is 23.9 Å². The molecule has 0 saturated heterocycles. The van der Waals surface area contributed by atoms with E-state index in [4.69, 9.17) is 9.47 Å². The zero-order valence-electron chi connectivity index (χ0n) is 15.7. The van der Waals surface area contributed by atoms with Crippen molar-refractivity contribution in [3.05, 3.63) is 70.1 Å². The zero-order chi connectivity index (χ0) is 20.1. The number of nitrogens with zero attached hydrogens (tertiary/aromatic N) is 2. The van der Waals surface area contributed by atoms with E-state index in [0.29, 0.717) is 6.54 Å². The van der Waals surface area contributed by atoms with Crippen molar-refractivity contribution in [2.45, 2.75) is 26.3 Å². The number of methoxy groups -OCH3 is 1. The lowest BCUT2D eigenvalue weighted by Crippen LogP contribution is -2.25. The smallest absolute Gasteiger partial charge is 0.364 e. The van der Waals surface area contributed by atoms with Gasteiger partial charge >= 0.3 is 11.9 Å². The van der Waals surface area contributed by atoms with Crippen LogP contribution in [0.1, 0.15) is 40.6 Å². The van der Waals surface area contributed by atoms with Crippen LogP contribution >= 0.6 is 0 Å². The Kier molecular flexibility index (Phi) is 5.84. The summed E-state index contributed by atoms with van der Waals surface area (Å²) in [4.78, 5) is 36.6. The van der Waals surface area contributed by atoms with Gasteiger partial charge in [0.25, 0.3) is 5.56 Å². The largest absolute Gasteiger partial charge is 0.465 e. The normalized spacial score (nSPS) is 10.6. The number of carbonyl (C=O) groups excluding carboxylic acids is 2. The van der Waals surface area contributed by atoms with Gasteiger partial charge in [0.15, 0.2) is 5.69 Å². The third kappa shape index (κ3) is 4.09. The topological polar surface area (TPSA) is 87.5 Å². The van der Waals surface area contributed by atoms with Crippen molar-refractivity contribution < 1.29 is 19.1 Å². The minimum Gasteiger partial charge on any atom is -0.465 e. The molecule has 0 radical (unpaired) electrons. The molecule has 0 aliphatic heterocycles. The average Bonchev–Trinajstić information content (AvgIpc) is 2.72. The number of ether oxygens (including phenoxy) is 2. The first-order valence-corrected chi connectivity index (χ1v) is 8.95. The Morgan fingerprint density at radius 2 is 1.75 bits per heavy atom. The van der Waals surface area contributed by atoms with E-state index >= 15 is 0 Å². The first kappa shape index (κ1) is 19.3. The average molecular weight is 380 g/mol. The predicted molar refractivity (Wildman–Crippen MR) is 104 cm³/mol. The molecule has 3 rings (SSSR count). The number of aryl methyl sites for hydroxylation is 1. The quantitative estimate of drug-likeness (QED) is 0.482. The summed E-state index contributed by atoms with van der Waals surface area (Å²) in [6.07, 6.45) is 1.66. The number of carbonyl (C=O) groups is 2. The van der Waals surface area contributed by atoms with E-state index < -0.39 is 11.9 Å². The number of hydrogen-bond acceptors (Lipinski definition) is 6. The van der Waals surface area contributed by atoms with Gasteiger partial charge in [-0.2, -0.15) is 5.10 Å². The van der Waals surface area contributed by atoms with Gasteiger partial charge in [0.05, 0.1) is 7.11 Å². The lowest BCUT2D eigenvalue weighted by atomic mass is 10.1. The highest BCUT2D eigenvalue weighted by atomic mass is 16.5. The summed E-state index contributed by atoms with van der Waals surface area (Å²) in [5.74, 6) is -1.30. The fourth-order valence-electron chi connectivity index (χ4n) is 2.75. The number of benzene rings is 2. The summed E-state index contributed by atoms with van der Waals surface area (Å²) < 4.78 is 11.5. The van der Waals surface area contributed by atoms with Gasteiger partial charge < -0.3 is 9.47 Å². The molecular weight excluding hydrogens is 360 g/mol. The van der Waals surface area contributed by atoms with Crippen molar-refractivity contribution in [2.24, 2.45) is 0 Å². The molecule has 28 heavy (non-hydrogen) atoms. The third-order valence-corrected chi connectivity index (χ3v) is 4.26. The monoisotopic (exact) mass is 380 g/mol. The van der Waals surface area contributed by atoms with Crippen LogP contribution < -0.4 is 10.3 Å². The predicted octanol–water partition coefficient (Wildman–Crippen LogP) is 3.20. The molecule has 0 saturated carbocycles. The van der Waals surface area contributed by atoms with E-state index in [1.54, 1.807) is 12.1 Å². The molecule has 0 amide bonds. The van der Waals surface area contributed by atoms with E-state index in [9.17, 15) is 14.4 Å².